The smallest absolute Gasteiger partial charge is 0.404 e. The van der Waals surface area contributed by atoms with Gasteiger partial charge < -0.3 is 26.8 Å². The number of nitrogens with zero attached hydrogens (tertiary/aromatic N) is 3. The highest BCUT2D eigenvalue weighted by Gasteiger charge is 2.32. The number of benzene rings is 1. The number of nitrogens with one attached hydrogen (secondary N) is 2. The van der Waals surface area contributed by atoms with Gasteiger partial charge in [0.05, 0.1) is 17.6 Å². The summed E-state index contributed by atoms with van der Waals surface area (Å²) in [6.07, 6.45) is -1.15. The Balaban J connectivity index is 1.63. The first-order chi connectivity index (χ1) is 12.8. The number of aromatic nitrogens is 3. The number of nitrogen functional groups attached to an aromatic ring is 2. The summed E-state index contributed by atoms with van der Waals surface area (Å²) >= 11 is 0. The molecule has 0 bridgehead atoms. The SMILES string of the molecule is Nc1cc(Nc2cc(NC3CC3)c3ncc(N)n3n2)ccc1OC(F)(F)F. The van der Waals surface area contributed by atoms with Crippen LogP contribution in [0.2, 0.25) is 0 Å². The number of halogens is 3. The van der Waals surface area contributed by atoms with Gasteiger partial charge in [-0.15, -0.1) is 18.3 Å². The van der Waals surface area contributed by atoms with Crippen LogP contribution in [-0.2, 0) is 0 Å². The van der Waals surface area contributed by atoms with Gasteiger partial charge in [0.2, 0.25) is 0 Å². The van der Waals surface area contributed by atoms with Crippen molar-refractivity contribution < 1.29 is 17.9 Å². The van der Waals surface area contributed by atoms with Gasteiger partial charge in [-0.25, -0.2) is 4.98 Å². The maximum absolute atomic E-state index is 12.3. The predicted molar refractivity (Wildman–Crippen MR) is 94.9 cm³/mol. The number of alkyl halides is 3. The molecule has 3 aromatic rings. The number of hydrogen-bond donors (Lipinski definition) is 4. The van der Waals surface area contributed by atoms with E-state index in [0.717, 1.165) is 24.6 Å². The van der Waals surface area contributed by atoms with E-state index >= 15 is 0 Å². The van der Waals surface area contributed by atoms with E-state index in [1.807, 2.05) is 0 Å². The molecule has 0 radical (unpaired) electrons. The molecule has 1 aliphatic rings. The van der Waals surface area contributed by atoms with Crippen LogP contribution in [0.5, 0.6) is 5.75 Å². The van der Waals surface area contributed by atoms with E-state index in [1.54, 1.807) is 6.07 Å². The van der Waals surface area contributed by atoms with Crippen LogP contribution >= 0.6 is 0 Å². The Hall–Kier alpha value is -3.37. The quantitative estimate of drug-likeness (QED) is 0.504. The largest absolute Gasteiger partial charge is 0.573 e. The number of rotatable bonds is 5. The van der Waals surface area contributed by atoms with Gasteiger partial charge in [-0.3, -0.25) is 0 Å². The minimum Gasteiger partial charge on any atom is -0.404 e. The first kappa shape index (κ1) is 17.1. The average molecular weight is 379 g/mol. The lowest BCUT2D eigenvalue weighted by atomic mass is 10.2. The van der Waals surface area contributed by atoms with Crippen molar-refractivity contribution in [2.24, 2.45) is 0 Å². The molecule has 1 aromatic carbocycles. The molecule has 1 fully saturated rings. The molecule has 0 spiro atoms. The Morgan fingerprint density at radius 2 is 1.96 bits per heavy atom. The Morgan fingerprint density at radius 1 is 1.19 bits per heavy atom. The topological polar surface area (TPSA) is 116 Å². The Labute approximate surface area is 151 Å². The van der Waals surface area contributed by atoms with E-state index in [9.17, 15) is 13.2 Å². The van der Waals surface area contributed by atoms with Crippen LogP contribution < -0.4 is 26.8 Å². The first-order valence-electron chi connectivity index (χ1n) is 8.11. The third kappa shape index (κ3) is 3.76. The van der Waals surface area contributed by atoms with Gasteiger partial charge in [0.1, 0.15) is 5.82 Å². The fraction of sp³-hybridized carbons (Fsp3) is 0.250. The van der Waals surface area contributed by atoms with Crippen molar-refractivity contribution in [1.82, 2.24) is 14.6 Å². The van der Waals surface area contributed by atoms with Crippen LogP contribution in [0.25, 0.3) is 5.65 Å². The highest BCUT2D eigenvalue weighted by atomic mass is 19.4. The summed E-state index contributed by atoms with van der Waals surface area (Å²) in [5.74, 6) is 0.326. The van der Waals surface area contributed by atoms with Crippen molar-refractivity contribution in [2.75, 3.05) is 22.1 Å². The molecule has 0 atom stereocenters. The molecule has 2 aromatic heterocycles. The molecular formula is C16H16F3N7O. The van der Waals surface area contributed by atoms with Crippen LogP contribution in [0.15, 0.2) is 30.5 Å². The minimum absolute atomic E-state index is 0.156. The summed E-state index contributed by atoms with van der Waals surface area (Å²) in [6.45, 7) is 0. The number of nitrogens with two attached hydrogens (primary N) is 2. The van der Waals surface area contributed by atoms with Crippen LogP contribution in [0, 0.1) is 0 Å². The molecule has 142 valence electrons. The highest BCUT2D eigenvalue weighted by molar-refractivity contribution is 5.75. The molecule has 27 heavy (non-hydrogen) atoms. The Kier molecular flexibility index (Phi) is 3.86. The molecule has 0 aliphatic heterocycles. The van der Waals surface area contributed by atoms with Gasteiger partial charge in [-0.1, -0.05) is 0 Å². The van der Waals surface area contributed by atoms with E-state index in [4.69, 9.17) is 11.5 Å². The molecule has 11 heteroatoms. The maximum atomic E-state index is 12.3. The third-order valence-electron chi connectivity index (χ3n) is 3.94. The van der Waals surface area contributed by atoms with E-state index in [0.29, 0.717) is 29.0 Å². The van der Waals surface area contributed by atoms with Crippen LogP contribution in [-0.4, -0.2) is 27.0 Å². The Morgan fingerprint density at radius 3 is 2.63 bits per heavy atom. The van der Waals surface area contributed by atoms with Gasteiger partial charge in [0.25, 0.3) is 0 Å². The molecule has 1 aliphatic carbocycles. The first-order valence-corrected chi connectivity index (χ1v) is 8.11. The van der Waals surface area contributed by atoms with Crippen molar-refractivity contribution in [3.8, 4) is 5.75 Å². The summed E-state index contributed by atoms with van der Waals surface area (Å²) < 4.78 is 42.4. The molecule has 6 N–H and O–H groups in total. The fourth-order valence-electron chi connectivity index (χ4n) is 2.59. The van der Waals surface area contributed by atoms with Gasteiger partial charge >= 0.3 is 6.36 Å². The molecule has 1 saturated carbocycles. The minimum atomic E-state index is -4.81. The summed E-state index contributed by atoms with van der Waals surface area (Å²) in [4.78, 5) is 4.25. The molecule has 0 unspecified atom stereocenters. The second-order valence-corrected chi connectivity index (χ2v) is 6.21. The molecule has 2 heterocycles. The molecule has 0 saturated heterocycles. The lowest BCUT2D eigenvalue weighted by Gasteiger charge is -2.14. The number of ether oxygens (including phenoxy) is 1. The standard InChI is InChI=1S/C16H16F3N7O/c17-16(18,19)27-12-4-3-9(5-10(12)20)24-14-6-11(23-8-1-2-8)15-22-7-13(21)26(15)25-14/h3-8,23H,1-2,20-21H2,(H,24,25). The molecule has 0 amide bonds. The van der Waals surface area contributed by atoms with Crippen LogP contribution in [0.4, 0.5) is 41.9 Å². The van der Waals surface area contributed by atoms with E-state index in [1.165, 1.54) is 22.8 Å². The summed E-state index contributed by atoms with van der Waals surface area (Å²) in [7, 11) is 0. The zero-order valence-electron chi connectivity index (χ0n) is 13.9. The summed E-state index contributed by atoms with van der Waals surface area (Å²) in [5.41, 5.74) is 13.2. The van der Waals surface area contributed by atoms with Gasteiger partial charge in [-0.05, 0) is 31.0 Å². The second-order valence-electron chi connectivity index (χ2n) is 6.21. The van der Waals surface area contributed by atoms with Gasteiger partial charge in [0.15, 0.2) is 17.2 Å². The summed E-state index contributed by atoms with van der Waals surface area (Å²) in [5, 5.41) is 10.7. The lowest BCUT2D eigenvalue weighted by molar-refractivity contribution is -0.274. The lowest BCUT2D eigenvalue weighted by Crippen LogP contribution is -2.18. The van der Waals surface area contributed by atoms with Gasteiger partial charge in [0, 0.05) is 17.8 Å². The zero-order chi connectivity index (χ0) is 19.2. The van der Waals surface area contributed by atoms with E-state index < -0.39 is 12.1 Å². The van der Waals surface area contributed by atoms with Gasteiger partial charge in [-0.2, -0.15) is 4.52 Å². The van der Waals surface area contributed by atoms with Crippen molar-refractivity contribution in [3.05, 3.63) is 30.5 Å². The van der Waals surface area contributed by atoms with Crippen LogP contribution in [0.1, 0.15) is 12.8 Å². The molecule has 8 nitrogen and oxygen atoms in total. The predicted octanol–water partition coefficient (Wildman–Crippen LogP) is 3.11. The number of imidazole rings is 1. The number of fused-ring (bicyclic) bond motifs is 1. The van der Waals surface area contributed by atoms with Crippen LogP contribution in [0.3, 0.4) is 0 Å². The third-order valence-corrected chi connectivity index (χ3v) is 3.94. The monoisotopic (exact) mass is 379 g/mol. The van der Waals surface area contributed by atoms with Crippen molar-refractivity contribution in [3.63, 3.8) is 0 Å². The van der Waals surface area contributed by atoms with E-state index in [-0.39, 0.29) is 5.69 Å². The highest BCUT2D eigenvalue weighted by Crippen LogP contribution is 2.33. The average Bonchev–Trinajstić information content (AvgIpc) is 3.31. The van der Waals surface area contributed by atoms with Crippen molar-refractivity contribution in [2.45, 2.75) is 25.2 Å². The van der Waals surface area contributed by atoms with Crippen molar-refractivity contribution >= 4 is 34.3 Å². The normalized spacial score (nSPS) is 14.3. The fourth-order valence-corrected chi connectivity index (χ4v) is 2.59. The van der Waals surface area contributed by atoms with E-state index in [2.05, 4.69) is 25.5 Å². The second kappa shape index (κ2) is 6.11. The Bertz CT molecular complexity index is 998. The summed E-state index contributed by atoms with van der Waals surface area (Å²) in [6, 6.07) is 6.03. The zero-order valence-corrected chi connectivity index (χ0v) is 13.9. The maximum Gasteiger partial charge on any atom is 0.573 e. The molecule has 4 rings (SSSR count). The van der Waals surface area contributed by atoms with Crippen molar-refractivity contribution in [1.29, 1.82) is 0 Å². The number of anilines is 5. The number of hydrogen-bond acceptors (Lipinski definition) is 7. The molecular weight excluding hydrogens is 363 g/mol.